The molecule has 274 valence electrons. The Labute approximate surface area is 339 Å². The summed E-state index contributed by atoms with van der Waals surface area (Å²) in [6.45, 7) is 0. The third-order valence-corrected chi connectivity index (χ3v) is 10.9. The molecule has 10 aromatic rings. The molecule has 0 unspecified atom stereocenters. The zero-order chi connectivity index (χ0) is 38.7. The summed E-state index contributed by atoms with van der Waals surface area (Å²) in [6.07, 6.45) is 0. The highest BCUT2D eigenvalue weighted by molar-refractivity contribution is 5.85. The molecule has 10 rings (SSSR count). The number of hydrogen-bond acceptors (Lipinski definition) is 2. The SMILES string of the molecule is c1ccc(-c2ccc(N(c3ccc(-c4ccc(-c5cccc(-c6cc7ccccc7o6)c5)cc4)cc3)c3ccc(-c4cccc(-c5ccccc5)c4)cc3)cc2)cc1. The van der Waals surface area contributed by atoms with Crippen molar-refractivity contribution in [1.82, 2.24) is 0 Å². The molecule has 0 fully saturated rings. The van der Waals surface area contributed by atoms with Gasteiger partial charge in [-0.05, 0) is 116 Å². The molecule has 9 aromatic carbocycles. The maximum atomic E-state index is 6.17. The molecule has 0 saturated carbocycles. The molecule has 1 aromatic heterocycles. The molecule has 1 heterocycles. The van der Waals surface area contributed by atoms with Crippen molar-refractivity contribution in [3.05, 3.63) is 237 Å². The fourth-order valence-electron chi connectivity index (χ4n) is 7.83. The second-order valence-corrected chi connectivity index (χ2v) is 14.6. The minimum absolute atomic E-state index is 0.880. The summed E-state index contributed by atoms with van der Waals surface area (Å²) in [5.41, 5.74) is 17.1. The van der Waals surface area contributed by atoms with Crippen molar-refractivity contribution < 1.29 is 4.42 Å². The number of fused-ring (bicyclic) bond motifs is 1. The lowest BCUT2D eigenvalue weighted by atomic mass is 9.98. The van der Waals surface area contributed by atoms with Gasteiger partial charge in [-0.3, -0.25) is 0 Å². The Balaban J connectivity index is 0.938. The fraction of sp³-hybridized carbons (Fsp3) is 0. The molecule has 2 heteroatoms. The number of nitrogens with zero attached hydrogens (tertiary/aromatic N) is 1. The summed E-state index contributed by atoms with van der Waals surface area (Å²) < 4.78 is 6.17. The third-order valence-electron chi connectivity index (χ3n) is 10.9. The number of rotatable bonds is 9. The second kappa shape index (κ2) is 15.5. The van der Waals surface area contributed by atoms with Gasteiger partial charge in [-0.25, -0.2) is 0 Å². The van der Waals surface area contributed by atoms with Crippen LogP contribution in [0.2, 0.25) is 0 Å². The van der Waals surface area contributed by atoms with E-state index in [2.05, 4.69) is 223 Å². The summed E-state index contributed by atoms with van der Waals surface area (Å²) in [4.78, 5) is 2.33. The molecule has 2 nitrogen and oxygen atoms in total. The van der Waals surface area contributed by atoms with Gasteiger partial charge in [0.25, 0.3) is 0 Å². The third kappa shape index (κ3) is 7.11. The lowest BCUT2D eigenvalue weighted by Gasteiger charge is -2.26. The summed E-state index contributed by atoms with van der Waals surface area (Å²) in [5.74, 6) is 0.880. The Bertz CT molecular complexity index is 2910. The van der Waals surface area contributed by atoms with E-state index in [1.165, 1.54) is 50.1 Å². The number of anilines is 3. The topological polar surface area (TPSA) is 16.4 Å². The first-order valence-corrected chi connectivity index (χ1v) is 19.7. The monoisotopic (exact) mass is 741 g/mol. The summed E-state index contributed by atoms with van der Waals surface area (Å²) in [6, 6.07) is 84.2. The predicted octanol–water partition coefficient (Wildman–Crippen LogP) is 15.9. The molecule has 0 N–H and O–H groups in total. The van der Waals surface area contributed by atoms with Crippen molar-refractivity contribution in [2.24, 2.45) is 0 Å². The molecule has 0 atom stereocenters. The van der Waals surface area contributed by atoms with E-state index in [1.807, 2.05) is 18.2 Å². The van der Waals surface area contributed by atoms with Crippen molar-refractivity contribution in [2.75, 3.05) is 4.90 Å². The van der Waals surface area contributed by atoms with Gasteiger partial charge in [-0.2, -0.15) is 0 Å². The summed E-state index contributed by atoms with van der Waals surface area (Å²) in [5, 5.41) is 1.11. The van der Waals surface area contributed by atoms with Crippen molar-refractivity contribution in [3.8, 4) is 67.0 Å². The molecular formula is C56H39NO. The van der Waals surface area contributed by atoms with Gasteiger partial charge in [0.15, 0.2) is 0 Å². The second-order valence-electron chi connectivity index (χ2n) is 14.6. The first kappa shape index (κ1) is 34.8. The van der Waals surface area contributed by atoms with Crippen LogP contribution in [0.3, 0.4) is 0 Å². The minimum atomic E-state index is 0.880. The Hall–Kier alpha value is -7.68. The first-order chi connectivity index (χ1) is 28.7. The van der Waals surface area contributed by atoms with E-state index in [0.717, 1.165) is 44.9 Å². The first-order valence-electron chi connectivity index (χ1n) is 19.7. The smallest absolute Gasteiger partial charge is 0.135 e. The van der Waals surface area contributed by atoms with Crippen LogP contribution < -0.4 is 4.90 Å². The Kier molecular flexibility index (Phi) is 9.27. The van der Waals surface area contributed by atoms with E-state index in [-0.39, 0.29) is 0 Å². The average Bonchev–Trinajstić information content (AvgIpc) is 3.76. The standard InChI is InChI=1S/C56H39NO/c1-3-11-40(12-4-1)43-25-31-52(32-26-43)57(54-35-29-46(30-36-54)48-17-9-16-47(37-48)41-13-5-2-6-14-41)53-33-27-44(28-34-53)42-21-23-45(24-22-42)49-18-10-19-50(38-49)56-39-51-15-7-8-20-55(51)58-56/h1-39H. The van der Waals surface area contributed by atoms with Gasteiger partial charge in [-0.15, -0.1) is 0 Å². The molecule has 0 aliphatic rings. The van der Waals surface area contributed by atoms with Gasteiger partial charge in [0.1, 0.15) is 11.3 Å². The van der Waals surface area contributed by atoms with E-state index in [4.69, 9.17) is 4.42 Å². The van der Waals surface area contributed by atoms with Crippen molar-refractivity contribution >= 4 is 28.0 Å². The van der Waals surface area contributed by atoms with E-state index < -0.39 is 0 Å². The Morgan fingerprint density at radius 2 is 0.569 bits per heavy atom. The minimum Gasteiger partial charge on any atom is -0.456 e. The average molecular weight is 742 g/mol. The molecule has 0 aliphatic carbocycles. The zero-order valence-corrected chi connectivity index (χ0v) is 31.9. The van der Waals surface area contributed by atoms with Crippen LogP contribution >= 0.6 is 0 Å². The highest BCUT2D eigenvalue weighted by atomic mass is 16.3. The Morgan fingerprint density at radius 3 is 1.03 bits per heavy atom. The van der Waals surface area contributed by atoms with Crippen LogP contribution in [0.1, 0.15) is 0 Å². The van der Waals surface area contributed by atoms with E-state index >= 15 is 0 Å². The van der Waals surface area contributed by atoms with Crippen molar-refractivity contribution in [3.63, 3.8) is 0 Å². The van der Waals surface area contributed by atoms with Crippen LogP contribution in [-0.2, 0) is 0 Å². The summed E-state index contributed by atoms with van der Waals surface area (Å²) in [7, 11) is 0. The van der Waals surface area contributed by atoms with E-state index in [9.17, 15) is 0 Å². The molecule has 0 amide bonds. The van der Waals surface area contributed by atoms with Crippen LogP contribution in [0.25, 0.3) is 77.9 Å². The zero-order valence-electron chi connectivity index (χ0n) is 31.9. The largest absolute Gasteiger partial charge is 0.456 e. The molecular weight excluding hydrogens is 703 g/mol. The van der Waals surface area contributed by atoms with E-state index in [0.29, 0.717) is 0 Å². The lowest BCUT2D eigenvalue weighted by molar-refractivity contribution is 0.631. The number of benzene rings is 9. The van der Waals surface area contributed by atoms with Gasteiger partial charge in [0.05, 0.1) is 0 Å². The van der Waals surface area contributed by atoms with Crippen LogP contribution in [0.15, 0.2) is 241 Å². The molecule has 58 heavy (non-hydrogen) atoms. The maximum Gasteiger partial charge on any atom is 0.135 e. The molecule has 0 bridgehead atoms. The van der Waals surface area contributed by atoms with Crippen molar-refractivity contribution in [2.45, 2.75) is 0 Å². The van der Waals surface area contributed by atoms with Crippen LogP contribution in [0.5, 0.6) is 0 Å². The van der Waals surface area contributed by atoms with Crippen molar-refractivity contribution in [1.29, 1.82) is 0 Å². The van der Waals surface area contributed by atoms with Gasteiger partial charge in [-0.1, -0.05) is 176 Å². The van der Waals surface area contributed by atoms with Gasteiger partial charge in [0.2, 0.25) is 0 Å². The Morgan fingerprint density at radius 1 is 0.241 bits per heavy atom. The van der Waals surface area contributed by atoms with Gasteiger partial charge in [0, 0.05) is 28.0 Å². The number of hydrogen-bond donors (Lipinski definition) is 0. The quantitative estimate of drug-likeness (QED) is 0.146. The summed E-state index contributed by atoms with van der Waals surface area (Å²) >= 11 is 0. The van der Waals surface area contributed by atoms with E-state index in [1.54, 1.807) is 0 Å². The van der Waals surface area contributed by atoms with Crippen LogP contribution in [-0.4, -0.2) is 0 Å². The van der Waals surface area contributed by atoms with Gasteiger partial charge >= 0.3 is 0 Å². The highest BCUT2D eigenvalue weighted by Gasteiger charge is 2.15. The lowest BCUT2D eigenvalue weighted by Crippen LogP contribution is -2.09. The van der Waals surface area contributed by atoms with Crippen LogP contribution in [0.4, 0.5) is 17.1 Å². The number of furan rings is 1. The normalized spacial score (nSPS) is 11.1. The van der Waals surface area contributed by atoms with Gasteiger partial charge < -0.3 is 9.32 Å². The fourth-order valence-corrected chi connectivity index (χ4v) is 7.83. The maximum absolute atomic E-state index is 6.17. The predicted molar refractivity (Wildman–Crippen MR) is 244 cm³/mol. The highest BCUT2D eigenvalue weighted by Crippen LogP contribution is 2.39. The molecule has 0 aliphatic heterocycles. The number of para-hydroxylation sites is 1. The molecule has 0 radical (unpaired) electrons. The van der Waals surface area contributed by atoms with Crippen LogP contribution in [0, 0.1) is 0 Å². The molecule has 0 saturated heterocycles. The molecule has 0 spiro atoms.